The largest absolute Gasteiger partial charge is 0.494 e. The van der Waals surface area contributed by atoms with Gasteiger partial charge >= 0.3 is 0 Å². The molecule has 0 radical (unpaired) electrons. The van der Waals surface area contributed by atoms with Crippen molar-refractivity contribution in [2.75, 3.05) is 11.9 Å². The molecule has 5 nitrogen and oxygen atoms in total. The van der Waals surface area contributed by atoms with E-state index in [-0.39, 0.29) is 0 Å². The fraction of sp³-hybridized carbons (Fsp3) is 0.263. The zero-order valence-corrected chi connectivity index (χ0v) is 13.7. The number of aliphatic hydroxyl groups is 1. The molecule has 1 amide bonds. The second kappa shape index (κ2) is 8.14. The molecule has 2 unspecified atom stereocenters. The minimum atomic E-state index is -1.09. The molecule has 0 aliphatic heterocycles. The number of carbonyl (C=O) groups is 1. The molecule has 2 N–H and O–H groups in total. The summed E-state index contributed by atoms with van der Waals surface area (Å²) in [6, 6.07) is 16.8. The van der Waals surface area contributed by atoms with Crippen LogP contribution in [0.15, 0.2) is 48.5 Å². The first-order valence-electron chi connectivity index (χ1n) is 7.77. The van der Waals surface area contributed by atoms with Crippen molar-refractivity contribution in [1.82, 2.24) is 0 Å². The molecule has 0 aliphatic carbocycles. The number of anilines is 1. The number of nitriles is 1. The van der Waals surface area contributed by atoms with E-state index in [1.165, 1.54) is 6.92 Å². The van der Waals surface area contributed by atoms with Crippen molar-refractivity contribution >= 4 is 11.6 Å². The molecule has 5 heteroatoms. The summed E-state index contributed by atoms with van der Waals surface area (Å²) in [4.78, 5) is 11.9. The van der Waals surface area contributed by atoms with E-state index in [1.807, 2.05) is 43.3 Å². The highest BCUT2D eigenvalue weighted by Gasteiger charge is 2.23. The zero-order valence-electron chi connectivity index (χ0n) is 13.7. The fourth-order valence-corrected chi connectivity index (χ4v) is 2.28. The third kappa shape index (κ3) is 4.34. The van der Waals surface area contributed by atoms with E-state index >= 15 is 0 Å². The van der Waals surface area contributed by atoms with Crippen molar-refractivity contribution in [3.05, 3.63) is 48.5 Å². The summed E-state index contributed by atoms with van der Waals surface area (Å²) in [7, 11) is 0. The van der Waals surface area contributed by atoms with Crippen LogP contribution in [0.4, 0.5) is 5.69 Å². The molecule has 2 aromatic rings. The highest BCUT2D eigenvalue weighted by molar-refractivity contribution is 5.94. The van der Waals surface area contributed by atoms with Crippen LogP contribution >= 0.6 is 0 Å². The van der Waals surface area contributed by atoms with Crippen molar-refractivity contribution in [2.24, 2.45) is 5.92 Å². The summed E-state index contributed by atoms with van der Waals surface area (Å²) in [5.41, 5.74) is 2.57. The lowest BCUT2D eigenvalue weighted by Crippen LogP contribution is -2.29. The molecule has 2 aromatic carbocycles. The van der Waals surface area contributed by atoms with Crippen LogP contribution in [0.25, 0.3) is 11.1 Å². The normalized spacial score (nSPS) is 12.8. The fourth-order valence-electron chi connectivity index (χ4n) is 2.28. The van der Waals surface area contributed by atoms with Gasteiger partial charge in [-0.25, -0.2) is 0 Å². The summed E-state index contributed by atoms with van der Waals surface area (Å²) in [6.45, 7) is 3.96. The number of aliphatic hydroxyl groups excluding tert-OH is 1. The molecular weight excluding hydrogens is 304 g/mol. The number of hydrogen-bond donors (Lipinski definition) is 2. The lowest BCUT2D eigenvalue weighted by molar-refractivity contribution is -0.120. The molecule has 24 heavy (non-hydrogen) atoms. The van der Waals surface area contributed by atoms with Crippen molar-refractivity contribution in [3.63, 3.8) is 0 Å². The third-order valence-corrected chi connectivity index (χ3v) is 3.53. The average Bonchev–Trinajstić information content (AvgIpc) is 2.56. The lowest BCUT2D eigenvalue weighted by Gasteiger charge is -2.13. The Labute approximate surface area is 141 Å². The number of rotatable bonds is 6. The van der Waals surface area contributed by atoms with Crippen LogP contribution in [0, 0.1) is 17.2 Å². The van der Waals surface area contributed by atoms with Crippen LogP contribution in [-0.4, -0.2) is 23.7 Å². The lowest BCUT2D eigenvalue weighted by atomic mass is 10.0. The van der Waals surface area contributed by atoms with Gasteiger partial charge in [0, 0.05) is 5.69 Å². The van der Waals surface area contributed by atoms with Gasteiger partial charge in [0.15, 0.2) is 5.92 Å². The van der Waals surface area contributed by atoms with E-state index < -0.39 is 17.9 Å². The van der Waals surface area contributed by atoms with Crippen molar-refractivity contribution in [1.29, 1.82) is 5.26 Å². The molecule has 2 atom stereocenters. The van der Waals surface area contributed by atoms with Gasteiger partial charge < -0.3 is 15.2 Å². The van der Waals surface area contributed by atoms with Gasteiger partial charge in [0.05, 0.1) is 18.8 Å². The molecule has 0 saturated carbocycles. The molecule has 0 heterocycles. The number of hydrogen-bond acceptors (Lipinski definition) is 4. The summed E-state index contributed by atoms with van der Waals surface area (Å²) in [6.07, 6.45) is -1.02. The van der Waals surface area contributed by atoms with Gasteiger partial charge in [0.25, 0.3) is 0 Å². The van der Waals surface area contributed by atoms with Crippen LogP contribution in [0.2, 0.25) is 0 Å². The highest BCUT2D eigenvalue weighted by Crippen LogP contribution is 2.25. The Hall–Kier alpha value is -2.84. The smallest absolute Gasteiger partial charge is 0.244 e. The Bertz CT molecular complexity index is 733. The van der Waals surface area contributed by atoms with Gasteiger partial charge in [-0.05, 0) is 49.2 Å². The van der Waals surface area contributed by atoms with Gasteiger partial charge in [-0.3, -0.25) is 4.79 Å². The van der Waals surface area contributed by atoms with Crippen LogP contribution in [0.5, 0.6) is 5.75 Å². The van der Waals surface area contributed by atoms with Gasteiger partial charge in [0.1, 0.15) is 5.75 Å². The Morgan fingerprint density at radius 1 is 1.25 bits per heavy atom. The summed E-state index contributed by atoms with van der Waals surface area (Å²) < 4.78 is 5.49. The molecule has 0 spiro atoms. The van der Waals surface area contributed by atoms with E-state index in [0.29, 0.717) is 12.3 Å². The summed E-state index contributed by atoms with van der Waals surface area (Å²) >= 11 is 0. The second-order valence-electron chi connectivity index (χ2n) is 5.37. The number of carbonyl (C=O) groups excluding carboxylic acids is 1. The number of amides is 1. The van der Waals surface area contributed by atoms with Crippen LogP contribution in [0.1, 0.15) is 13.8 Å². The number of nitrogens with one attached hydrogen (secondary N) is 1. The summed E-state index contributed by atoms with van der Waals surface area (Å²) in [5, 5.41) is 21.0. The second-order valence-corrected chi connectivity index (χ2v) is 5.37. The molecule has 0 saturated heterocycles. The van der Waals surface area contributed by atoms with E-state index in [9.17, 15) is 9.90 Å². The molecule has 0 aliphatic rings. The first kappa shape index (κ1) is 17.5. The quantitative estimate of drug-likeness (QED) is 0.855. The first-order chi connectivity index (χ1) is 11.5. The summed E-state index contributed by atoms with van der Waals surface area (Å²) in [5.74, 6) is -0.799. The standard InChI is InChI=1S/C19H20N2O3/c1-3-24-17-6-4-5-15(11-17)14-7-9-16(10-8-14)21-19(23)18(12-20)13(2)22/h4-11,13,18,22H,3H2,1-2H3,(H,21,23). The molecule has 124 valence electrons. The monoisotopic (exact) mass is 324 g/mol. The van der Waals surface area contributed by atoms with Gasteiger partial charge in [0.2, 0.25) is 5.91 Å². The highest BCUT2D eigenvalue weighted by atomic mass is 16.5. The van der Waals surface area contributed by atoms with Crippen LogP contribution in [-0.2, 0) is 4.79 Å². The Morgan fingerprint density at radius 2 is 1.96 bits per heavy atom. The molecule has 2 rings (SSSR count). The molecule has 0 bridgehead atoms. The van der Waals surface area contributed by atoms with Crippen LogP contribution < -0.4 is 10.1 Å². The van der Waals surface area contributed by atoms with Gasteiger partial charge in [-0.2, -0.15) is 5.26 Å². The topological polar surface area (TPSA) is 82.3 Å². The van der Waals surface area contributed by atoms with Crippen molar-refractivity contribution < 1.29 is 14.6 Å². The SMILES string of the molecule is CCOc1cccc(-c2ccc(NC(=O)C(C#N)C(C)O)cc2)c1. The predicted octanol–water partition coefficient (Wildman–Crippen LogP) is 3.21. The van der Waals surface area contributed by atoms with Crippen LogP contribution in [0.3, 0.4) is 0 Å². The van der Waals surface area contributed by atoms with E-state index in [1.54, 1.807) is 18.2 Å². The van der Waals surface area contributed by atoms with E-state index in [4.69, 9.17) is 10.00 Å². The first-order valence-corrected chi connectivity index (χ1v) is 7.77. The number of ether oxygens (including phenoxy) is 1. The van der Waals surface area contributed by atoms with Crippen molar-refractivity contribution in [3.8, 4) is 22.9 Å². The Morgan fingerprint density at radius 3 is 2.54 bits per heavy atom. The maximum absolute atomic E-state index is 11.9. The maximum Gasteiger partial charge on any atom is 0.244 e. The minimum Gasteiger partial charge on any atom is -0.494 e. The maximum atomic E-state index is 11.9. The third-order valence-electron chi connectivity index (χ3n) is 3.53. The minimum absolute atomic E-state index is 0.515. The van der Waals surface area contributed by atoms with E-state index in [0.717, 1.165) is 16.9 Å². The van der Waals surface area contributed by atoms with Gasteiger partial charge in [-0.1, -0.05) is 24.3 Å². The Kier molecular flexibility index (Phi) is 5.94. The van der Waals surface area contributed by atoms with Gasteiger partial charge in [-0.15, -0.1) is 0 Å². The molecular formula is C19H20N2O3. The Balaban J connectivity index is 2.12. The predicted molar refractivity (Wildman–Crippen MR) is 92.5 cm³/mol. The number of nitrogens with zero attached hydrogens (tertiary/aromatic N) is 1. The van der Waals surface area contributed by atoms with Crippen molar-refractivity contribution in [2.45, 2.75) is 20.0 Å². The average molecular weight is 324 g/mol. The molecule has 0 aromatic heterocycles. The zero-order chi connectivity index (χ0) is 17.5. The molecule has 0 fully saturated rings. The van der Waals surface area contributed by atoms with E-state index in [2.05, 4.69) is 5.32 Å². The number of benzene rings is 2.